The molecule has 4 rings (SSSR count). The van der Waals surface area contributed by atoms with Crippen molar-refractivity contribution < 1.29 is 22.7 Å². The van der Waals surface area contributed by atoms with Crippen molar-refractivity contribution in [3.05, 3.63) is 36.5 Å². The van der Waals surface area contributed by atoms with Crippen LogP contribution in [-0.4, -0.2) is 51.9 Å². The highest BCUT2D eigenvalue weighted by Gasteiger charge is 2.34. The molecule has 0 spiro atoms. The zero-order valence-electron chi connectivity index (χ0n) is 19.2. The molecule has 3 aromatic heterocycles. The molecule has 0 unspecified atom stereocenters. The first kappa shape index (κ1) is 23.4. The molecular weight excluding hydrogens is 447 g/mol. The average Bonchev–Trinajstić information content (AvgIpc) is 3.14. The molecule has 1 saturated carbocycles. The van der Waals surface area contributed by atoms with E-state index < -0.39 is 20.5 Å². The van der Waals surface area contributed by atoms with Gasteiger partial charge in [-0.2, -0.15) is 4.39 Å². The Morgan fingerprint density at radius 3 is 2.67 bits per heavy atom. The first-order chi connectivity index (χ1) is 15.5. The SMILES string of the molecule is COc1cc2ncc(-c3cc(F)nc(N[C@@H]4CCC[C@@H](O)C4)c3)n2cc1S(=O)(=O)C(C)(C)C. The van der Waals surface area contributed by atoms with Crippen LogP contribution in [-0.2, 0) is 9.84 Å². The Bertz CT molecular complexity index is 1280. The van der Waals surface area contributed by atoms with Crippen LogP contribution in [0.4, 0.5) is 10.2 Å². The van der Waals surface area contributed by atoms with Crippen molar-refractivity contribution >= 4 is 21.3 Å². The Morgan fingerprint density at radius 2 is 2.00 bits per heavy atom. The Hall–Kier alpha value is -2.72. The van der Waals surface area contributed by atoms with Gasteiger partial charge in [0.15, 0.2) is 9.84 Å². The number of nitrogens with zero attached hydrogens (tertiary/aromatic N) is 3. The molecule has 0 amide bonds. The van der Waals surface area contributed by atoms with E-state index in [1.54, 1.807) is 43.5 Å². The molecule has 0 bridgehead atoms. The van der Waals surface area contributed by atoms with Gasteiger partial charge in [-0.25, -0.2) is 18.4 Å². The first-order valence-corrected chi connectivity index (χ1v) is 12.4. The van der Waals surface area contributed by atoms with E-state index in [0.29, 0.717) is 29.1 Å². The van der Waals surface area contributed by atoms with Crippen molar-refractivity contribution in [1.82, 2.24) is 14.4 Å². The van der Waals surface area contributed by atoms with Crippen LogP contribution in [0.3, 0.4) is 0 Å². The molecule has 178 valence electrons. The van der Waals surface area contributed by atoms with Gasteiger partial charge in [0.1, 0.15) is 22.1 Å². The fourth-order valence-electron chi connectivity index (χ4n) is 4.11. The van der Waals surface area contributed by atoms with Gasteiger partial charge < -0.3 is 15.2 Å². The van der Waals surface area contributed by atoms with Gasteiger partial charge in [0, 0.05) is 29.9 Å². The second kappa shape index (κ2) is 8.57. The molecule has 1 aliphatic carbocycles. The number of aliphatic hydroxyl groups is 1. The van der Waals surface area contributed by atoms with Crippen LogP contribution in [0.15, 0.2) is 35.5 Å². The topological polar surface area (TPSA) is 106 Å². The highest BCUT2D eigenvalue weighted by molar-refractivity contribution is 7.92. The van der Waals surface area contributed by atoms with Crippen molar-refractivity contribution in [2.45, 2.75) is 68.2 Å². The number of nitrogens with one attached hydrogen (secondary N) is 1. The van der Waals surface area contributed by atoms with Gasteiger partial charge in [-0.15, -0.1) is 0 Å². The molecule has 10 heteroatoms. The van der Waals surface area contributed by atoms with Crippen molar-refractivity contribution in [2.75, 3.05) is 12.4 Å². The molecule has 33 heavy (non-hydrogen) atoms. The van der Waals surface area contributed by atoms with E-state index in [1.807, 2.05) is 0 Å². The van der Waals surface area contributed by atoms with E-state index in [9.17, 15) is 17.9 Å². The summed E-state index contributed by atoms with van der Waals surface area (Å²) in [6, 6.07) is 4.55. The fourth-order valence-corrected chi connectivity index (χ4v) is 5.43. The summed E-state index contributed by atoms with van der Waals surface area (Å²) in [6.45, 7) is 4.87. The largest absolute Gasteiger partial charge is 0.495 e. The average molecular weight is 477 g/mol. The predicted octanol–water partition coefficient (Wildman–Crippen LogP) is 3.83. The zero-order valence-corrected chi connectivity index (χ0v) is 20.0. The standard InChI is InChI=1S/C23H29FN4O4S/c1-23(2,3)33(30,31)19-13-28-17(12-25-22(28)11-18(19)32-4)14-8-20(24)27-21(9-14)26-15-6-5-7-16(29)10-15/h8-9,11-13,15-16,29H,5-7,10H2,1-4H3,(H,26,27)/t15-,16-/m1/s1. The lowest BCUT2D eigenvalue weighted by Crippen LogP contribution is -2.30. The number of sulfone groups is 1. The van der Waals surface area contributed by atoms with Gasteiger partial charge in [-0.1, -0.05) is 0 Å². The molecule has 8 nitrogen and oxygen atoms in total. The Kier molecular flexibility index (Phi) is 6.09. The lowest BCUT2D eigenvalue weighted by Gasteiger charge is -2.27. The number of imidazole rings is 1. The van der Waals surface area contributed by atoms with Crippen LogP contribution in [0.5, 0.6) is 5.75 Å². The van der Waals surface area contributed by atoms with Crippen LogP contribution in [0.1, 0.15) is 46.5 Å². The van der Waals surface area contributed by atoms with Crippen LogP contribution >= 0.6 is 0 Å². The van der Waals surface area contributed by atoms with E-state index in [4.69, 9.17) is 4.74 Å². The van der Waals surface area contributed by atoms with Crippen molar-refractivity contribution in [1.29, 1.82) is 0 Å². The van der Waals surface area contributed by atoms with E-state index in [0.717, 1.165) is 19.3 Å². The van der Waals surface area contributed by atoms with Gasteiger partial charge in [0.05, 0.1) is 29.9 Å². The normalized spacial score (nSPS) is 19.6. The van der Waals surface area contributed by atoms with E-state index in [1.165, 1.54) is 19.4 Å². The van der Waals surface area contributed by atoms with Gasteiger partial charge in [0.2, 0.25) is 5.95 Å². The number of aliphatic hydroxyl groups excluding tert-OH is 1. The minimum Gasteiger partial charge on any atom is -0.495 e. The maximum absolute atomic E-state index is 14.4. The van der Waals surface area contributed by atoms with Gasteiger partial charge in [-0.05, 0) is 52.5 Å². The maximum atomic E-state index is 14.4. The molecule has 2 atom stereocenters. The Labute approximate surface area is 192 Å². The van der Waals surface area contributed by atoms with Crippen molar-refractivity contribution in [3.63, 3.8) is 0 Å². The molecule has 3 heterocycles. The molecule has 0 saturated heterocycles. The summed E-state index contributed by atoms with van der Waals surface area (Å²) in [7, 11) is -2.31. The van der Waals surface area contributed by atoms with Crippen LogP contribution < -0.4 is 10.1 Å². The van der Waals surface area contributed by atoms with E-state index >= 15 is 0 Å². The number of methoxy groups -OCH3 is 1. The predicted molar refractivity (Wildman–Crippen MR) is 124 cm³/mol. The first-order valence-electron chi connectivity index (χ1n) is 10.9. The molecule has 0 aromatic carbocycles. The number of ether oxygens (including phenoxy) is 1. The molecule has 0 radical (unpaired) electrons. The van der Waals surface area contributed by atoms with Crippen molar-refractivity contribution in [2.24, 2.45) is 0 Å². The zero-order chi connectivity index (χ0) is 24.0. The second-order valence-corrected chi connectivity index (χ2v) is 12.1. The third kappa shape index (κ3) is 4.54. The van der Waals surface area contributed by atoms with Gasteiger partial charge in [0.25, 0.3) is 0 Å². The monoisotopic (exact) mass is 476 g/mol. The summed E-state index contributed by atoms with van der Waals surface area (Å²) >= 11 is 0. The minimum atomic E-state index is -3.72. The molecule has 2 N–H and O–H groups in total. The number of rotatable bonds is 5. The fraction of sp³-hybridized carbons (Fsp3) is 0.478. The highest BCUT2D eigenvalue weighted by Crippen LogP contribution is 2.35. The van der Waals surface area contributed by atoms with Crippen LogP contribution in [0, 0.1) is 5.95 Å². The summed E-state index contributed by atoms with van der Waals surface area (Å²) < 4.78 is 46.7. The number of halogens is 1. The smallest absolute Gasteiger partial charge is 0.215 e. The quantitative estimate of drug-likeness (QED) is 0.539. The lowest BCUT2D eigenvalue weighted by atomic mass is 9.93. The number of anilines is 1. The summed E-state index contributed by atoms with van der Waals surface area (Å²) in [6.07, 6.45) is 5.77. The summed E-state index contributed by atoms with van der Waals surface area (Å²) in [4.78, 5) is 8.36. The Balaban J connectivity index is 1.79. The van der Waals surface area contributed by atoms with E-state index in [2.05, 4.69) is 15.3 Å². The molecule has 0 aliphatic heterocycles. The molecule has 1 aliphatic rings. The number of fused-ring (bicyclic) bond motifs is 1. The van der Waals surface area contributed by atoms with E-state index in [-0.39, 0.29) is 22.8 Å². The summed E-state index contributed by atoms with van der Waals surface area (Å²) in [5, 5.41) is 13.1. The number of hydrogen-bond acceptors (Lipinski definition) is 7. The van der Waals surface area contributed by atoms with Crippen LogP contribution in [0.2, 0.25) is 0 Å². The Morgan fingerprint density at radius 1 is 1.24 bits per heavy atom. The molecule has 3 aromatic rings. The number of pyridine rings is 2. The lowest BCUT2D eigenvalue weighted by molar-refractivity contribution is 0.124. The summed E-state index contributed by atoms with van der Waals surface area (Å²) in [5.74, 6) is -0.110. The third-order valence-corrected chi connectivity index (χ3v) is 8.48. The highest BCUT2D eigenvalue weighted by atomic mass is 32.2. The third-order valence-electron chi connectivity index (χ3n) is 5.98. The van der Waals surface area contributed by atoms with Crippen LogP contribution in [0.25, 0.3) is 16.9 Å². The molecular formula is C23H29FN4O4S. The number of aromatic nitrogens is 3. The number of hydrogen-bond donors (Lipinski definition) is 2. The van der Waals surface area contributed by atoms with Crippen molar-refractivity contribution in [3.8, 4) is 17.0 Å². The minimum absolute atomic E-state index is 0.00544. The summed E-state index contributed by atoms with van der Waals surface area (Å²) in [5.41, 5.74) is 1.49. The van der Waals surface area contributed by atoms with Gasteiger partial charge in [-0.3, -0.25) is 4.40 Å². The van der Waals surface area contributed by atoms with Gasteiger partial charge >= 0.3 is 0 Å². The second-order valence-electron chi connectivity index (χ2n) is 9.42. The maximum Gasteiger partial charge on any atom is 0.215 e. The molecule has 1 fully saturated rings.